The topological polar surface area (TPSA) is 94.6 Å². The van der Waals surface area contributed by atoms with Crippen LogP contribution in [0.4, 0.5) is 14.9 Å². The van der Waals surface area contributed by atoms with E-state index in [1.165, 1.54) is 37.7 Å². The van der Waals surface area contributed by atoms with Gasteiger partial charge in [0, 0.05) is 40.5 Å². The van der Waals surface area contributed by atoms with E-state index in [0.29, 0.717) is 28.2 Å². The van der Waals surface area contributed by atoms with Gasteiger partial charge in [0.25, 0.3) is 0 Å². The fourth-order valence-corrected chi connectivity index (χ4v) is 4.09. The van der Waals surface area contributed by atoms with Gasteiger partial charge in [0.05, 0.1) is 25.8 Å². The standard InChI is InChI=1S/C24H23FN4O4S/c1-13-12-27-23(34-13)14(2)28-24(30)29-15-5-6-20(17(25)9-15)33-19-7-8-26-18-11-22(32-4)21(31-3)10-16(18)19/h5-12,14H,1-4H3,(H2,28,29,30). The molecule has 0 aliphatic carbocycles. The molecule has 176 valence electrons. The Balaban J connectivity index is 1.49. The summed E-state index contributed by atoms with van der Waals surface area (Å²) in [4.78, 5) is 22.0. The van der Waals surface area contributed by atoms with Gasteiger partial charge in [-0.05, 0) is 38.1 Å². The molecule has 1 atom stereocenters. The molecule has 2 N–H and O–H groups in total. The Bertz CT molecular complexity index is 1340. The van der Waals surface area contributed by atoms with E-state index in [4.69, 9.17) is 14.2 Å². The van der Waals surface area contributed by atoms with Gasteiger partial charge in [-0.3, -0.25) is 4.98 Å². The van der Waals surface area contributed by atoms with Gasteiger partial charge in [0.2, 0.25) is 0 Å². The van der Waals surface area contributed by atoms with Crippen molar-refractivity contribution in [1.29, 1.82) is 0 Å². The van der Waals surface area contributed by atoms with Crippen LogP contribution in [-0.2, 0) is 0 Å². The van der Waals surface area contributed by atoms with Crippen LogP contribution in [0, 0.1) is 12.7 Å². The van der Waals surface area contributed by atoms with E-state index < -0.39 is 11.8 Å². The number of methoxy groups -OCH3 is 2. The molecule has 0 bridgehead atoms. The molecule has 2 heterocycles. The number of fused-ring (bicyclic) bond motifs is 1. The van der Waals surface area contributed by atoms with E-state index in [-0.39, 0.29) is 17.5 Å². The van der Waals surface area contributed by atoms with Crippen molar-refractivity contribution in [2.24, 2.45) is 0 Å². The molecule has 0 saturated carbocycles. The van der Waals surface area contributed by atoms with Crippen LogP contribution in [0.3, 0.4) is 0 Å². The normalized spacial score (nSPS) is 11.7. The van der Waals surface area contributed by atoms with Gasteiger partial charge < -0.3 is 24.8 Å². The first kappa shape index (κ1) is 23.2. The molecular formula is C24H23FN4O4S. The highest BCUT2D eigenvalue weighted by Gasteiger charge is 2.15. The number of aryl methyl sites for hydroxylation is 1. The Kier molecular flexibility index (Phi) is 6.78. The van der Waals surface area contributed by atoms with Gasteiger partial charge in [-0.1, -0.05) is 0 Å². The van der Waals surface area contributed by atoms with Crippen LogP contribution in [0.2, 0.25) is 0 Å². The molecule has 34 heavy (non-hydrogen) atoms. The summed E-state index contributed by atoms with van der Waals surface area (Å²) in [6.45, 7) is 3.78. The quantitative estimate of drug-likeness (QED) is 0.344. The number of nitrogens with zero attached hydrogens (tertiary/aromatic N) is 2. The van der Waals surface area contributed by atoms with Crippen molar-refractivity contribution in [2.75, 3.05) is 19.5 Å². The summed E-state index contributed by atoms with van der Waals surface area (Å²) in [6.07, 6.45) is 3.32. The number of hydrogen-bond donors (Lipinski definition) is 2. The zero-order chi connectivity index (χ0) is 24.2. The molecule has 0 aliphatic heterocycles. The summed E-state index contributed by atoms with van der Waals surface area (Å²) in [5.41, 5.74) is 0.894. The van der Waals surface area contributed by atoms with Crippen molar-refractivity contribution in [3.8, 4) is 23.0 Å². The Morgan fingerprint density at radius 3 is 2.47 bits per heavy atom. The lowest BCUT2D eigenvalue weighted by Crippen LogP contribution is -2.31. The summed E-state index contributed by atoms with van der Waals surface area (Å²) in [5.74, 6) is 0.794. The zero-order valence-electron chi connectivity index (χ0n) is 19.0. The number of ether oxygens (including phenoxy) is 3. The minimum atomic E-state index is -0.633. The van der Waals surface area contributed by atoms with E-state index >= 15 is 0 Å². The van der Waals surface area contributed by atoms with E-state index in [0.717, 1.165) is 9.88 Å². The van der Waals surface area contributed by atoms with Crippen molar-refractivity contribution in [3.05, 3.63) is 64.5 Å². The monoisotopic (exact) mass is 482 g/mol. The Labute approximate surface area is 199 Å². The molecule has 0 spiro atoms. The molecule has 0 aliphatic rings. The van der Waals surface area contributed by atoms with Crippen LogP contribution in [0.15, 0.2) is 48.8 Å². The number of pyridine rings is 1. The highest BCUT2D eigenvalue weighted by atomic mass is 32.1. The number of benzene rings is 2. The predicted octanol–water partition coefficient (Wildman–Crippen LogP) is 5.83. The number of anilines is 1. The highest BCUT2D eigenvalue weighted by molar-refractivity contribution is 7.11. The van der Waals surface area contributed by atoms with Crippen LogP contribution in [0.1, 0.15) is 22.9 Å². The molecular weight excluding hydrogens is 459 g/mol. The Morgan fingerprint density at radius 2 is 1.79 bits per heavy atom. The maximum Gasteiger partial charge on any atom is 0.319 e. The van der Waals surface area contributed by atoms with Crippen LogP contribution in [-0.4, -0.2) is 30.2 Å². The average molecular weight is 483 g/mol. The van der Waals surface area contributed by atoms with Crippen molar-refractivity contribution < 1.29 is 23.4 Å². The molecule has 4 aromatic rings. The number of nitrogens with one attached hydrogen (secondary N) is 2. The van der Waals surface area contributed by atoms with Crippen molar-refractivity contribution in [2.45, 2.75) is 19.9 Å². The summed E-state index contributed by atoms with van der Waals surface area (Å²) in [5, 5.41) is 6.84. The molecule has 0 fully saturated rings. The number of amides is 2. The van der Waals surface area contributed by atoms with E-state index in [9.17, 15) is 9.18 Å². The van der Waals surface area contributed by atoms with Crippen LogP contribution in [0.25, 0.3) is 10.9 Å². The van der Waals surface area contributed by atoms with Gasteiger partial charge in [0.1, 0.15) is 10.8 Å². The van der Waals surface area contributed by atoms with Gasteiger partial charge >= 0.3 is 6.03 Å². The van der Waals surface area contributed by atoms with Crippen LogP contribution >= 0.6 is 11.3 Å². The SMILES string of the molecule is COc1cc2nccc(Oc3ccc(NC(=O)NC(C)c4ncc(C)s4)cc3F)c2cc1OC. The van der Waals surface area contributed by atoms with Crippen molar-refractivity contribution >= 4 is 34.0 Å². The second-order valence-electron chi connectivity index (χ2n) is 7.41. The first-order chi connectivity index (χ1) is 16.4. The predicted molar refractivity (Wildman–Crippen MR) is 129 cm³/mol. The zero-order valence-corrected chi connectivity index (χ0v) is 19.8. The molecule has 2 aromatic carbocycles. The maximum atomic E-state index is 14.8. The molecule has 1 unspecified atom stereocenters. The highest BCUT2D eigenvalue weighted by Crippen LogP contribution is 2.37. The van der Waals surface area contributed by atoms with Gasteiger partial charge in [-0.15, -0.1) is 11.3 Å². The van der Waals surface area contributed by atoms with E-state index in [1.54, 1.807) is 36.7 Å². The largest absolute Gasteiger partial charge is 0.493 e. The fourth-order valence-electron chi connectivity index (χ4n) is 3.31. The minimum absolute atomic E-state index is 0.000119. The number of carbonyl (C=O) groups is 1. The Morgan fingerprint density at radius 1 is 1.03 bits per heavy atom. The molecule has 8 nitrogen and oxygen atoms in total. The van der Waals surface area contributed by atoms with Gasteiger partial charge in [-0.2, -0.15) is 0 Å². The second-order valence-corrected chi connectivity index (χ2v) is 8.68. The van der Waals surface area contributed by atoms with Crippen molar-refractivity contribution in [1.82, 2.24) is 15.3 Å². The summed E-state index contributed by atoms with van der Waals surface area (Å²) in [6, 6.07) is 8.54. The van der Waals surface area contributed by atoms with Crippen molar-refractivity contribution in [3.63, 3.8) is 0 Å². The smallest absolute Gasteiger partial charge is 0.319 e. The Hall–Kier alpha value is -3.92. The maximum absolute atomic E-state index is 14.8. The number of thiazole rings is 1. The number of aromatic nitrogens is 2. The average Bonchev–Trinajstić information content (AvgIpc) is 3.26. The molecule has 2 aromatic heterocycles. The minimum Gasteiger partial charge on any atom is -0.493 e. The fraction of sp³-hybridized carbons (Fsp3) is 0.208. The third-order valence-corrected chi connectivity index (χ3v) is 6.07. The van der Waals surface area contributed by atoms with Crippen LogP contribution < -0.4 is 24.8 Å². The lowest BCUT2D eigenvalue weighted by Gasteiger charge is -2.14. The van der Waals surface area contributed by atoms with E-state index in [2.05, 4.69) is 20.6 Å². The molecule has 10 heteroatoms. The number of hydrogen-bond acceptors (Lipinski definition) is 7. The van der Waals surface area contributed by atoms with Gasteiger partial charge in [-0.25, -0.2) is 14.2 Å². The lowest BCUT2D eigenvalue weighted by atomic mass is 10.2. The molecule has 2 amide bonds. The summed E-state index contributed by atoms with van der Waals surface area (Å²) in [7, 11) is 3.07. The third-order valence-electron chi connectivity index (χ3n) is 4.97. The third kappa shape index (κ3) is 5.01. The molecule has 4 rings (SSSR count). The molecule has 0 radical (unpaired) electrons. The number of rotatable bonds is 7. The first-order valence-electron chi connectivity index (χ1n) is 10.4. The summed E-state index contributed by atoms with van der Waals surface area (Å²) < 4.78 is 31.3. The van der Waals surface area contributed by atoms with Crippen LogP contribution in [0.5, 0.6) is 23.0 Å². The summed E-state index contributed by atoms with van der Waals surface area (Å²) >= 11 is 1.50. The van der Waals surface area contributed by atoms with Gasteiger partial charge in [0.15, 0.2) is 23.1 Å². The first-order valence-corrected chi connectivity index (χ1v) is 11.2. The lowest BCUT2D eigenvalue weighted by molar-refractivity contribution is 0.249. The molecule has 0 saturated heterocycles. The number of carbonyl (C=O) groups excluding carboxylic acids is 1. The number of halogens is 1. The second kappa shape index (κ2) is 9.92. The van der Waals surface area contributed by atoms with E-state index in [1.807, 2.05) is 13.8 Å². The number of urea groups is 1.